The van der Waals surface area contributed by atoms with E-state index in [4.69, 9.17) is 15.2 Å². The molecule has 0 aromatic carbocycles. The molecule has 1 aliphatic heterocycles. The van der Waals surface area contributed by atoms with E-state index in [1.165, 1.54) is 20.0 Å². The molecule has 1 aliphatic rings. The van der Waals surface area contributed by atoms with Gasteiger partial charge in [-0.2, -0.15) is 0 Å². The Kier molecular flexibility index (Phi) is 4.74. The first-order valence-electron chi connectivity index (χ1n) is 6.77. The van der Waals surface area contributed by atoms with Gasteiger partial charge in [-0.1, -0.05) is 0 Å². The van der Waals surface area contributed by atoms with Gasteiger partial charge in [-0.05, 0) is 6.92 Å². The molecule has 0 saturated heterocycles. The van der Waals surface area contributed by atoms with Gasteiger partial charge in [-0.3, -0.25) is 9.59 Å². The van der Waals surface area contributed by atoms with Gasteiger partial charge in [-0.25, -0.2) is 15.0 Å². The third kappa shape index (κ3) is 3.92. The summed E-state index contributed by atoms with van der Waals surface area (Å²) < 4.78 is 10.2. The molecule has 23 heavy (non-hydrogen) atoms. The molecule has 0 fully saturated rings. The molecular weight excluding hydrogens is 306 g/mol. The number of guanidine groups is 1. The molecule has 1 aromatic rings. The van der Waals surface area contributed by atoms with Gasteiger partial charge in [0, 0.05) is 13.8 Å². The number of hydrogen-bond acceptors (Lipinski definition) is 10. The first kappa shape index (κ1) is 16.6. The minimum absolute atomic E-state index is 0.0110. The highest BCUT2D eigenvalue weighted by Gasteiger charge is 2.29. The first-order valence-corrected chi connectivity index (χ1v) is 6.77. The maximum absolute atomic E-state index is 11.3. The number of carbonyl (C=O) groups excluding carboxylic acids is 2. The molecule has 0 amide bonds. The van der Waals surface area contributed by atoms with Crippen LogP contribution in [0.25, 0.3) is 0 Å². The lowest BCUT2D eigenvalue weighted by molar-refractivity contribution is -0.164. The molecule has 2 heterocycles. The number of aliphatic hydroxyl groups excluding tert-OH is 1. The van der Waals surface area contributed by atoms with Gasteiger partial charge >= 0.3 is 11.9 Å². The third-order valence-electron chi connectivity index (χ3n) is 2.93. The van der Waals surface area contributed by atoms with Crippen LogP contribution in [-0.2, 0) is 19.1 Å². The summed E-state index contributed by atoms with van der Waals surface area (Å²) >= 11 is 0. The fourth-order valence-corrected chi connectivity index (χ4v) is 2.08. The van der Waals surface area contributed by atoms with Crippen molar-refractivity contribution < 1.29 is 24.2 Å². The van der Waals surface area contributed by atoms with Gasteiger partial charge < -0.3 is 25.6 Å². The molecule has 0 spiro atoms. The van der Waals surface area contributed by atoms with Crippen molar-refractivity contribution >= 4 is 23.7 Å². The summed E-state index contributed by atoms with van der Waals surface area (Å²) in [5.41, 5.74) is 5.83. The van der Waals surface area contributed by atoms with Crippen LogP contribution in [0.4, 0.5) is 5.82 Å². The fraction of sp³-hybridized carbons (Fsp3) is 0.462. The van der Waals surface area contributed by atoms with Gasteiger partial charge in [-0.15, -0.1) is 0 Å². The van der Waals surface area contributed by atoms with Crippen LogP contribution in [0.2, 0.25) is 0 Å². The number of carbonyl (C=O) groups is 2. The van der Waals surface area contributed by atoms with Gasteiger partial charge in [0.25, 0.3) is 0 Å². The summed E-state index contributed by atoms with van der Waals surface area (Å²) in [4.78, 5) is 34.4. The van der Waals surface area contributed by atoms with Crippen molar-refractivity contribution in [1.82, 2.24) is 9.97 Å². The van der Waals surface area contributed by atoms with Crippen molar-refractivity contribution in [3.63, 3.8) is 0 Å². The van der Waals surface area contributed by atoms with Crippen molar-refractivity contribution in [3.05, 3.63) is 17.6 Å². The van der Waals surface area contributed by atoms with Crippen molar-refractivity contribution in [3.8, 4) is 0 Å². The number of hydrogen-bond donors (Lipinski definition) is 3. The Labute approximate surface area is 131 Å². The Morgan fingerprint density at radius 1 is 1.35 bits per heavy atom. The monoisotopic (exact) mass is 323 g/mol. The standard InChI is InChI=1S/C13H17N5O5/c1-5(22-6(2)19)10(23-7(3)20)8-4-15-11-9(16-8)12(21)18-13(14)17-11/h4-5,10,12,21H,1-3H3,(H3,14,15,17,18)/t5-,10-,12?/m0/s1. The molecule has 0 bridgehead atoms. The number of aromatic nitrogens is 2. The van der Waals surface area contributed by atoms with Crippen LogP contribution in [0.1, 0.15) is 44.5 Å². The molecule has 10 nitrogen and oxygen atoms in total. The summed E-state index contributed by atoms with van der Waals surface area (Å²) in [6, 6.07) is 0. The molecule has 0 radical (unpaired) electrons. The zero-order valence-electron chi connectivity index (χ0n) is 12.8. The van der Waals surface area contributed by atoms with E-state index in [0.717, 1.165) is 0 Å². The molecule has 2 rings (SSSR count). The Bertz CT molecular complexity index is 662. The number of aliphatic imine (C=N–C) groups is 1. The lowest BCUT2D eigenvalue weighted by atomic mass is 10.1. The van der Waals surface area contributed by atoms with Crippen molar-refractivity contribution in [2.75, 3.05) is 5.32 Å². The highest BCUT2D eigenvalue weighted by Crippen LogP contribution is 2.28. The van der Waals surface area contributed by atoms with E-state index in [1.54, 1.807) is 6.92 Å². The van der Waals surface area contributed by atoms with E-state index in [2.05, 4.69) is 20.3 Å². The van der Waals surface area contributed by atoms with E-state index >= 15 is 0 Å². The molecule has 0 saturated carbocycles. The van der Waals surface area contributed by atoms with E-state index in [1.807, 2.05) is 0 Å². The molecule has 4 N–H and O–H groups in total. The summed E-state index contributed by atoms with van der Waals surface area (Å²) in [5.74, 6) is -0.846. The highest BCUT2D eigenvalue weighted by atomic mass is 16.6. The average Bonchev–Trinajstić information content (AvgIpc) is 2.43. The zero-order chi connectivity index (χ0) is 17.1. The molecule has 0 aliphatic carbocycles. The predicted molar refractivity (Wildman–Crippen MR) is 78.0 cm³/mol. The Balaban J connectivity index is 2.35. The van der Waals surface area contributed by atoms with Crippen LogP contribution in [-0.4, -0.2) is 39.1 Å². The van der Waals surface area contributed by atoms with Crippen LogP contribution in [0.3, 0.4) is 0 Å². The van der Waals surface area contributed by atoms with Crippen LogP contribution < -0.4 is 11.1 Å². The number of aliphatic hydroxyl groups is 1. The number of ether oxygens (including phenoxy) is 2. The number of fused-ring (bicyclic) bond motifs is 1. The quantitative estimate of drug-likeness (QED) is 0.638. The number of nitrogens with zero attached hydrogens (tertiary/aromatic N) is 3. The highest BCUT2D eigenvalue weighted by molar-refractivity contribution is 5.93. The lowest BCUT2D eigenvalue weighted by Gasteiger charge is -2.24. The second-order valence-electron chi connectivity index (χ2n) is 4.89. The van der Waals surface area contributed by atoms with Crippen molar-refractivity contribution in [2.45, 2.75) is 39.2 Å². The van der Waals surface area contributed by atoms with Crippen LogP contribution >= 0.6 is 0 Å². The SMILES string of the molecule is CC(=O)O[C@@H](C)[C@H](OC(C)=O)c1cnc2c(n1)C(O)N=C(N)N2. The number of anilines is 1. The van der Waals surface area contributed by atoms with Crippen LogP contribution in [0, 0.1) is 0 Å². The molecule has 1 unspecified atom stereocenters. The van der Waals surface area contributed by atoms with Gasteiger partial charge in [0.1, 0.15) is 17.5 Å². The number of rotatable bonds is 4. The third-order valence-corrected chi connectivity index (χ3v) is 2.93. The summed E-state index contributed by atoms with van der Waals surface area (Å²) in [6.07, 6.45) is -1.71. The maximum atomic E-state index is 11.3. The van der Waals surface area contributed by atoms with Crippen LogP contribution in [0.5, 0.6) is 0 Å². The number of nitrogens with two attached hydrogens (primary N) is 1. The zero-order valence-corrected chi connectivity index (χ0v) is 12.8. The van der Waals surface area contributed by atoms with Crippen molar-refractivity contribution in [2.24, 2.45) is 10.7 Å². The number of esters is 2. The summed E-state index contributed by atoms with van der Waals surface area (Å²) in [6.45, 7) is 4.02. The van der Waals surface area contributed by atoms with E-state index in [0.29, 0.717) is 0 Å². The van der Waals surface area contributed by atoms with Gasteiger partial charge in [0.15, 0.2) is 24.1 Å². The van der Waals surface area contributed by atoms with E-state index < -0.39 is 30.4 Å². The topological polar surface area (TPSA) is 149 Å². The minimum atomic E-state index is -1.29. The van der Waals surface area contributed by atoms with Crippen molar-refractivity contribution in [1.29, 1.82) is 0 Å². The molecule has 1 aromatic heterocycles. The first-order chi connectivity index (χ1) is 10.8. The smallest absolute Gasteiger partial charge is 0.303 e. The molecule has 3 atom stereocenters. The largest absolute Gasteiger partial charge is 0.458 e. The normalized spacial score (nSPS) is 18.8. The van der Waals surface area contributed by atoms with E-state index in [9.17, 15) is 14.7 Å². The second kappa shape index (κ2) is 6.57. The average molecular weight is 323 g/mol. The fourth-order valence-electron chi connectivity index (χ4n) is 2.08. The summed E-state index contributed by atoms with van der Waals surface area (Å²) in [7, 11) is 0. The molecule has 10 heteroatoms. The summed E-state index contributed by atoms with van der Waals surface area (Å²) in [5, 5.41) is 12.6. The maximum Gasteiger partial charge on any atom is 0.303 e. The Morgan fingerprint density at radius 2 is 2.00 bits per heavy atom. The minimum Gasteiger partial charge on any atom is -0.458 e. The second-order valence-corrected chi connectivity index (χ2v) is 4.89. The lowest BCUT2D eigenvalue weighted by Crippen LogP contribution is -2.31. The predicted octanol–water partition coefficient (Wildman–Crippen LogP) is -0.236. The van der Waals surface area contributed by atoms with Crippen LogP contribution in [0.15, 0.2) is 11.2 Å². The Hall–Kier alpha value is -2.75. The molecule has 124 valence electrons. The Morgan fingerprint density at radius 3 is 2.61 bits per heavy atom. The number of nitrogens with one attached hydrogen (secondary N) is 1. The molecular formula is C13H17N5O5. The van der Waals surface area contributed by atoms with Gasteiger partial charge in [0.05, 0.1) is 6.20 Å². The van der Waals surface area contributed by atoms with Gasteiger partial charge in [0.2, 0.25) is 0 Å². The van der Waals surface area contributed by atoms with E-state index in [-0.39, 0.29) is 23.2 Å².